The Morgan fingerprint density at radius 3 is 2.48 bits per heavy atom. The first-order valence-electron chi connectivity index (χ1n) is 5.96. The molecule has 2 aromatic rings. The topological polar surface area (TPSA) is 53.2 Å². The van der Waals surface area contributed by atoms with Crippen molar-refractivity contribution < 1.29 is 23.0 Å². The molecule has 0 aliphatic carbocycles. The van der Waals surface area contributed by atoms with E-state index in [9.17, 15) is 18.3 Å². The Bertz CT molecular complexity index is 698. The fourth-order valence-corrected chi connectivity index (χ4v) is 1.71. The van der Waals surface area contributed by atoms with Gasteiger partial charge in [-0.25, -0.2) is 13.2 Å². The van der Waals surface area contributed by atoms with Crippen molar-refractivity contribution in [3.63, 3.8) is 0 Å². The number of ether oxygens (including phenoxy) is 1. The Hall–Kier alpha value is -2.52. The van der Waals surface area contributed by atoms with Crippen molar-refractivity contribution in [2.24, 2.45) is 0 Å². The quantitative estimate of drug-likeness (QED) is 0.942. The normalized spacial score (nSPS) is 11.8. The van der Waals surface area contributed by atoms with Crippen molar-refractivity contribution in [2.75, 3.05) is 6.61 Å². The molecule has 0 aliphatic heterocycles. The van der Waals surface area contributed by atoms with Crippen LogP contribution in [0.25, 0.3) is 0 Å². The highest BCUT2D eigenvalue weighted by atomic mass is 19.1. The molecule has 0 fully saturated rings. The van der Waals surface area contributed by atoms with Crippen LogP contribution >= 0.6 is 0 Å². The van der Waals surface area contributed by atoms with Gasteiger partial charge in [0.25, 0.3) is 0 Å². The van der Waals surface area contributed by atoms with E-state index in [0.29, 0.717) is 6.07 Å². The molecule has 6 heteroatoms. The zero-order valence-electron chi connectivity index (χ0n) is 10.7. The second-order valence-electron chi connectivity index (χ2n) is 4.25. The fraction of sp³-hybridized carbons (Fsp3) is 0.133. The number of benzene rings is 2. The highest BCUT2D eigenvalue weighted by Gasteiger charge is 2.14. The monoisotopic (exact) mass is 293 g/mol. The van der Waals surface area contributed by atoms with E-state index in [0.717, 1.165) is 18.2 Å². The van der Waals surface area contributed by atoms with Crippen molar-refractivity contribution in [3.05, 3.63) is 65.0 Å². The largest absolute Gasteiger partial charge is 0.490 e. The first-order chi connectivity index (χ1) is 10.0. The molecule has 2 rings (SSSR count). The number of nitriles is 1. The molecule has 1 unspecified atom stereocenters. The Labute approximate surface area is 118 Å². The van der Waals surface area contributed by atoms with E-state index >= 15 is 0 Å². The van der Waals surface area contributed by atoms with Crippen molar-refractivity contribution in [1.82, 2.24) is 0 Å². The summed E-state index contributed by atoms with van der Waals surface area (Å²) in [5, 5.41) is 18.4. The predicted octanol–water partition coefficient (Wildman–Crippen LogP) is 3.09. The Morgan fingerprint density at radius 1 is 1.10 bits per heavy atom. The van der Waals surface area contributed by atoms with Crippen LogP contribution in [-0.2, 0) is 0 Å². The van der Waals surface area contributed by atoms with E-state index in [4.69, 9.17) is 10.00 Å². The molecule has 0 amide bonds. The lowest BCUT2D eigenvalue weighted by Crippen LogP contribution is -2.11. The summed E-state index contributed by atoms with van der Waals surface area (Å²) in [6, 6.07) is 8.02. The van der Waals surface area contributed by atoms with Gasteiger partial charge in [-0.15, -0.1) is 0 Å². The first kappa shape index (κ1) is 14.9. The Kier molecular flexibility index (Phi) is 4.45. The van der Waals surface area contributed by atoms with Crippen LogP contribution in [0.1, 0.15) is 17.2 Å². The molecule has 0 spiro atoms. The molecule has 0 saturated heterocycles. The summed E-state index contributed by atoms with van der Waals surface area (Å²) in [5.41, 5.74) is -0.252. The number of rotatable bonds is 4. The number of halogens is 3. The van der Waals surface area contributed by atoms with Gasteiger partial charge in [-0.2, -0.15) is 5.26 Å². The zero-order chi connectivity index (χ0) is 15.4. The average molecular weight is 293 g/mol. The van der Waals surface area contributed by atoms with Gasteiger partial charge in [0.1, 0.15) is 42.0 Å². The molecule has 3 nitrogen and oxygen atoms in total. The van der Waals surface area contributed by atoms with Gasteiger partial charge < -0.3 is 9.84 Å². The van der Waals surface area contributed by atoms with E-state index < -0.39 is 23.6 Å². The smallest absolute Gasteiger partial charge is 0.144 e. The van der Waals surface area contributed by atoms with Crippen molar-refractivity contribution >= 4 is 0 Å². The molecule has 0 saturated carbocycles. The van der Waals surface area contributed by atoms with E-state index in [1.54, 1.807) is 6.07 Å². The second-order valence-corrected chi connectivity index (χ2v) is 4.25. The molecule has 0 radical (unpaired) electrons. The highest BCUT2D eigenvalue weighted by molar-refractivity contribution is 5.36. The van der Waals surface area contributed by atoms with Crippen LogP contribution in [-0.4, -0.2) is 11.7 Å². The van der Waals surface area contributed by atoms with Crippen molar-refractivity contribution in [2.45, 2.75) is 6.10 Å². The maximum Gasteiger partial charge on any atom is 0.144 e. The summed E-state index contributed by atoms with van der Waals surface area (Å²) >= 11 is 0. The first-order valence-corrected chi connectivity index (χ1v) is 5.96. The lowest BCUT2D eigenvalue weighted by atomic mass is 10.1. The molecule has 21 heavy (non-hydrogen) atoms. The summed E-state index contributed by atoms with van der Waals surface area (Å²) < 4.78 is 44.7. The van der Waals surface area contributed by atoms with Crippen LogP contribution in [0.3, 0.4) is 0 Å². The van der Waals surface area contributed by atoms with Crippen molar-refractivity contribution in [3.8, 4) is 11.8 Å². The van der Waals surface area contributed by atoms with Gasteiger partial charge in [0, 0.05) is 17.7 Å². The molecule has 2 aromatic carbocycles. The molecule has 0 bridgehead atoms. The minimum atomic E-state index is -1.33. The van der Waals surface area contributed by atoms with Crippen LogP contribution in [0.5, 0.6) is 5.75 Å². The van der Waals surface area contributed by atoms with E-state index in [1.807, 2.05) is 0 Å². The maximum absolute atomic E-state index is 13.4. The minimum absolute atomic E-state index is 0.0908. The Balaban J connectivity index is 2.05. The summed E-state index contributed by atoms with van der Waals surface area (Å²) in [7, 11) is 0. The molecule has 0 aromatic heterocycles. The van der Waals surface area contributed by atoms with Crippen molar-refractivity contribution in [1.29, 1.82) is 5.26 Å². The van der Waals surface area contributed by atoms with Gasteiger partial charge in [-0.1, -0.05) is 6.07 Å². The molecular weight excluding hydrogens is 283 g/mol. The van der Waals surface area contributed by atoms with Gasteiger partial charge in [-0.05, 0) is 18.2 Å². The Morgan fingerprint density at radius 2 is 1.86 bits per heavy atom. The van der Waals surface area contributed by atoms with E-state index in [2.05, 4.69) is 0 Å². The third-order valence-electron chi connectivity index (χ3n) is 2.79. The fourth-order valence-electron chi connectivity index (χ4n) is 1.71. The van der Waals surface area contributed by atoms with Gasteiger partial charge in [0.15, 0.2) is 0 Å². The average Bonchev–Trinajstić information content (AvgIpc) is 2.45. The molecule has 0 heterocycles. The molecule has 1 N–H and O–H groups in total. The third-order valence-corrected chi connectivity index (χ3v) is 2.79. The summed E-state index contributed by atoms with van der Waals surface area (Å²) in [6.07, 6.45) is -1.33. The van der Waals surface area contributed by atoms with Gasteiger partial charge in [-0.3, -0.25) is 0 Å². The van der Waals surface area contributed by atoms with Crippen LogP contribution in [0, 0.1) is 28.8 Å². The standard InChI is InChI=1S/C15H10F3NO2/c16-10-2-4-12(14(18)5-10)15(20)8-21-11-3-1-9(7-19)13(17)6-11/h1-6,15,20H,8H2. The lowest BCUT2D eigenvalue weighted by molar-refractivity contribution is 0.104. The molecule has 1 atom stereocenters. The third kappa shape index (κ3) is 3.52. The van der Waals surface area contributed by atoms with Gasteiger partial charge in [0.05, 0.1) is 5.56 Å². The summed E-state index contributed by atoms with van der Waals surface area (Å²) in [6.45, 7) is -0.339. The number of nitrogens with zero attached hydrogens (tertiary/aromatic N) is 1. The van der Waals surface area contributed by atoms with Gasteiger partial charge in [0.2, 0.25) is 0 Å². The number of aliphatic hydroxyl groups is 1. The van der Waals surface area contributed by atoms with Gasteiger partial charge >= 0.3 is 0 Å². The van der Waals surface area contributed by atoms with Crippen LogP contribution < -0.4 is 4.74 Å². The summed E-state index contributed by atoms with van der Waals surface area (Å²) in [5.74, 6) is -2.30. The molecule has 108 valence electrons. The SMILES string of the molecule is N#Cc1ccc(OCC(O)c2ccc(F)cc2F)cc1F. The van der Waals surface area contributed by atoms with Crippen LogP contribution in [0.2, 0.25) is 0 Å². The molecule has 0 aliphatic rings. The minimum Gasteiger partial charge on any atom is -0.490 e. The van der Waals surface area contributed by atoms with Crippen LogP contribution in [0.4, 0.5) is 13.2 Å². The number of hydrogen-bond acceptors (Lipinski definition) is 3. The van der Waals surface area contributed by atoms with E-state index in [-0.39, 0.29) is 23.5 Å². The lowest BCUT2D eigenvalue weighted by Gasteiger charge is -2.13. The zero-order valence-corrected chi connectivity index (χ0v) is 10.7. The van der Waals surface area contributed by atoms with Crippen LogP contribution in [0.15, 0.2) is 36.4 Å². The molecular formula is C15H10F3NO2. The summed E-state index contributed by atoms with van der Waals surface area (Å²) in [4.78, 5) is 0. The predicted molar refractivity (Wildman–Crippen MR) is 67.9 cm³/mol. The maximum atomic E-state index is 13.4. The number of hydrogen-bond donors (Lipinski definition) is 1. The van der Waals surface area contributed by atoms with E-state index in [1.165, 1.54) is 12.1 Å². The second kappa shape index (κ2) is 6.29. The highest BCUT2D eigenvalue weighted by Crippen LogP contribution is 2.21. The number of aliphatic hydroxyl groups excluding tert-OH is 1.